The van der Waals surface area contributed by atoms with Crippen LogP contribution in [0.15, 0.2) is 54.6 Å². The lowest BCUT2D eigenvalue weighted by Crippen LogP contribution is -2.16. The number of anilines is 1. The molecule has 4 nitrogen and oxygen atoms in total. The van der Waals surface area contributed by atoms with Crippen LogP contribution in [0, 0.1) is 0 Å². The van der Waals surface area contributed by atoms with Gasteiger partial charge in [0.1, 0.15) is 0 Å². The van der Waals surface area contributed by atoms with Crippen molar-refractivity contribution in [2.75, 3.05) is 5.32 Å². The Morgan fingerprint density at radius 1 is 1.10 bits per heavy atom. The van der Waals surface area contributed by atoms with Crippen molar-refractivity contribution in [2.24, 2.45) is 5.73 Å². The second-order valence-electron chi connectivity index (χ2n) is 4.29. The fourth-order valence-electron chi connectivity index (χ4n) is 1.74. The van der Waals surface area contributed by atoms with Gasteiger partial charge in [0.25, 0.3) is 5.91 Å². The molecular formula is C16H13ClN2O2. The van der Waals surface area contributed by atoms with Crippen LogP contribution >= 0.6 is 11.6 Å². The highest BCUT2D eigenvalue weighted by atomic mass is 35.5. The summed E-state index contributed by atoms with van der Waals surface area (Å²) in [4.78, 5) is 23.2. The van der Waals surface area contributed by atoms with Gasteiger partial charge in [0.2, 0.25) is 5.91 Å². The normalized spacial score (nSPS) is 10.5. The predicted molar refractivity (Wildman–Crippen MR) is 84.1 cm³/mol. The van der Waals surface area contributed by atoms with Crippen LogP contribution in [0.3, 0.4) is 0 Å². The Morgan fingerprint density at radius 3 is 2.48 bits per heavy atom. The van der Waals surface area contributed by atoms with Crippen molar-refractivity contribution in [1.82, 2.24) is 0 Å². The van der Waals surface area contributed by atoms with Gasteiger partial charge < -0.3 is 11.1 Å². The third-order valence-corrected chi connectivity index (χ3v) is 2.97. The van der Waals surface area contributed by atoms with Crippen molar-refractivity contribution in [1.29, 1.82) is 0 Å². The van der Waals surface area contributed by atoms with Crippen molar-refractivity contribution in [2.45, 2.75) is 0 Å². The number of hydrogen-bond donors (Lipinski definition) is 2. The molecule has 0 unspecified atom stereocenters. The topological polar surface area (TPSA) is 72.2 Å². The van der Waals surface area contributed by atoms with Gasteiger partial charge in [0, 0.05) is 11.1 Å². The van der Waals surface area contributed by atoms with Gasteiger partial charge in [0.15, 0.2) is 0 Å². The molecule has 0 aliphatic rings. The smallest absolute Gasteiger partial charge is 0.250 e. The fourth-order valence-corrected chi connectivity index (χ4v) is 1.91. The Hall–Kier alpha value is -2.59. The highest BCUT2D eigenvalue weighted by Crippen LogP contribution is 2.20. The highest BCUT2D eigenvalue weighted by Gasteiger charge is 2.10. The second-order valence-corrected chi connectivity index (χ2v) is 4.72. The summed E-state index contributed by atoms with van der Waals surface area (Å²) in [5, 5.41) is 2.98. The molecule has 5 heteroatoms. The summed E-state index contributed by atoms with van der Waals surface area (Å²) >= 11 is 5.80. The maximum Gasteiger partial charge on any atom is 0.250 e. The van der Waals surface area contributed by atoms with E-state index < -0.39 is 5.91 Å². The lowest BCUT2D eigenvalue weighted by Gasteiger charge is -2.07. The van der Waals surface area contributed by atoms with E-state index in [-0.39, 0.29) is 11.5 Å². The molecule has 0 saturated carbocycles. The Morgan fingerprint density at radius 2 is 1.81 bits per heavy atom. The summed E-state index contributed by atoms with van der Waals surface area (Å²) < 4.78 is 0. The van der Waals surface area contributed by atoms with Crippen LogP contribution in [0.2, 0.25) is 5.02 Å². The summed E-state index contributed by atoms with van der Waals surface area (Å²) in [5.41, 5.74) is 6.66. The molecule has 0 saturated heterocycles. The Balaban J connectivity index is 2.13. The summed E-state index contributed by atoms with van der Waals surface area (Å²) in [7, 11) is 0. The number of amides is 2. The van der Waals surface area contributed by atoms with Gasteiger partial charge in [-0.1, -0.05) is 41.9 Å². The van der Waals surface area contributed by atoms with Crippen LogP contribution in [-0.4, -0.2) is 11.8 Å². The van der Waals surface area contributed by atoms with Crippen LogP contribution in [0.4, 0.5) is 5.69 Å². The van der Waals surface area contributed by atoms with Gasteiger partial charge in [-0.15, -0.1) is 0 Å². The maximum atomic E-state index is 11.9. The van der Waals surface area contributed by atoms with E-state index in [0.717, 1.165) is 5.56 Å². The summed E-state index contributed by atoms with van der Waals surface area (Å²) in [6.45, 7) is 0. The van der Waals surface area contributed by atoms with E-state index in [4.69, 9.17) is 17.3 Å². The minimum Gasteiger partial charge on any atom is -0.366 e. The average Bonchev–Trinajstić information content (AvgIpc) is 2.48. The monoisotopic (exact) mass is 300 g/mol. The maximum absolute atomic E-state index is 11.9. The molecule has 21 heavy (non-hydrogen) atoms. The Labute approximate surface area is 127 Å². The number of nitrogens with two attached hydrogens (primary N) is 1. The van der Waals surface area contributed by atoms with E-state index in [1.807, 2.05) is 30.3 Å². The highest BCUT2D eigenvalue weighted by molar-refractivity contribution is 6.31. The van der Waals surface area contributed by atoms with Crippen molar-refractivity contribution in [3.8, 4) is 0 Å². The number of hydrogen-bond acceptors (Lipinski definition) is 2. The second kappa shape index (κ2) is 6.72. The molecule has 0 heterocycles. The molecule has 2 rings (SSSR count). The van der Waals surface area contributed by atoms with Crippen LogP contribution in [0.1, 0.15) is 15.9 Å². The van der Waals surface area contributed by atoms with Crippen molar-refractivity contribution in [3.63, 3.8) is 0 Å². The molecule has 2 aromatic carbocycles. The molecule has 0 bridgehead atoms. The molecule has 106 valence electrons. The molecule has 0 fully saturated rings. The SMILES string of the molecule is NC(=O)c1cc(Cl)ccc1NC(=O)/C=C/c1ccccc1. The summed E-state index contributed by atoms with van der Waals surface area (Å²) in [6, 6.07) is 13.9. The molecule has 2 amide bonds. The zero-order valence-electron chi connectivity index (χ0n) is 11.0. The molecule has 0 aromatic heterocycles. The van der Waals surface area contributed by atoms with Gasteiger partial charge in [-0.05, 0) is 29.8 Å². The van der Waals surface area contributed by atoms with E-state index in [1.165, 1.54) is 18.2 Å². The Kier molecular flexibility index (Phi) is 4.74. The number of carbonyl (C=O) groups is 2. The van der Waals surface area contributed by atoms with Gasteiger partial charge in [-0.25, -0.2) is 0 Å². The van der Waals surface area contributed by atoms with Crippen LogP contribution in [-0.2, 0) is 4.79 Å². The van der Waals surface area contributed by atoms with E-state index in [9.17, 15) is 9.59 Å². The van der Waals surface area contributed by atoms with Gasteiger partial charge >= 0.3 is 0 Å². The summed E-state index contributed by atoms with van der Waals surface area (Å²) in [6.07, 6.45) is 3.06. The molecule has 0 spiro atoms. The molecular weight excluding hydrogens is 288 g/mol. The fraction of sp³-hybridized carbons (Fsp3) is 0. The van der Waals surface area contributed by atoms with Crippen molar-refractivity contribution < 1.29 is 9.59 Å². The number of rotatable bonds is 4. The molecule has 2 aromatic rings. The lowest BCUT2D eigenvalue weighted by atomic mass is 10.1. The first-order chi connectivity index (χ1) is 10.1. The molecule has 3 N–H and O–H groups in total. The van der Waals surface area contributed by atoms with Crippen LogP contribution < -0.4 is 11.1 Å². The largest absolute Gasteiger partial charge is 0.366 e. The summed E-state index contributed by atoms with van der Waals surface area (Å²) in [5.74, 6) is -1.01. The third kappa shape index (κ3) is 4.19. The predicted octanol–water partition coefficient (Wildman–Crippen LogP) is 3.09. The first-order valence-electron chi connectivity index (χ1n) is 6.20. The zero-order valence-corrected chi connectivity index (χ0v) is 11.8. The van der Waals surface area contributed by atoms with Crippen molar-refractivity contribution in [3.05, 3.63) is 70.8 Å². The van der Waals surface area contributed by atoms with E-state index >= 15 is 0 Å². The van der Waals surface area contributed by atoms with E-state index in [2.05, 4.69) is 5.32 Å². The Bertz CT molecular complexity index is 697. The third-order valence-electron chi connectivity index (χ3n) is 2.73. The molecule has 0 aliphatic heterocycles. The van der Waals surface area contributed by atoms with Gasteiger partial charge in [0.05, 0.1) is 11.3 Å². The standard InChI is InChI=1S/C16H13ClN2O2/c17-12-7-8-14(13(10-12)16(18)21)19-15(20)9-6-11-4-2-1-3-5-11/h1-10H,(H2,18,21)(H,19,20)/b9-6+. The average molecular weight is 301 g/mol. The minimum atomic E-state index is -0.653. The number of primary amides is 1. The quantitative estimate of drug-likeness (QED) is 0.852. The molecule has 0 radical (unpaired) electrons. The van der Waals surface area contributed by atoms with E-state index in [0.29, 0.717) is 10.7 Å². The van der Waals surface area contributed by atoms with Crippen LogP contribution in [0.25, 0.3) is 6.08 Å². The number of benzene rings is 2. The first kappa shape index (κ1) is 14.8. The van der Waals surface area contributed by atoms with E-state index in [1.54, 1.807) is 12.1 Å². The van der Waals surface area contributed by atoms with Gasteiger partial charge in [-0.2, -0.15) is 0 Å². The minimum absolute atomic E-state index is 0.170. The lowest BCUT2D eigenvalue weighted by molar-refractivity contribution is -0.111. The first-order valence-corrected chi connectivity index (χ1v) is 6.57. The number of carbonyl (C=O) groups excluding carboxylic acids is 2. The molecule has 0 aliphatic carbocycles. The number of nitrogens with one attached hydrogen (secondary N) is 1. The molecule has 0 atom stereocenters. The number of halogens is 1. The zero-order chi connectivity index (χ0) is 15.2. The van der Waals surface area contributed by atoms with Gasteiger partial charge in [-0.3, -0.25) is 9.59 Å². The van der Waals surface area contributed by atoms with Crippen LogP contribution in [0.5, 0.6) is 0 Å². The van der Waals surface area contributed by atoms with Crippen molar-refractivity contribution >= 4 is 35.2 Å².